The highest BCUT2D eigenvalue weighted by molar-refractivity contribution is 7.05. The number of hydrogen-bond donors (Lipinski definition) is 1. The maximum Gasteiger partial charge on any atom is 0.248 e. The monoisotopic (exact) mass is 555 g/mol. The fraction of sp³-hybridized carbons (Fsp3) is 0.231. The van der Waals surface area contributed by atoms with Gasteiger partial charge in [-0.2, -0.15) is 0 Å². The highest BCUT2D eigenvalue weighted by atomic mass is 16.2. The Morgan fingerprint density at radius 1 is 0.581 bits per heavy atom. The zero-order valence-electron chi connectivity index (χ0n) is 24.9. The van der Waals surface area contributed by atoms with Gasteiger partial charge in [-0.05, 0) is 93.6 Å². The Balaban J connectivity index is 1.17. The number of benzene rings is 5. The third kappa shape index (κ3) is 3.53. The van der Waals surface area contributed by atoms with E-state index in [9.17, 15) is 0 Å². The molecule has 0 saturated heterocycles. The van der Waals surface area contributed by atoms with Gasteiger partial charge in [0.1, 0.15) is 0 Å². The molecule has 9 rings (SSSR count). The van der Waals surface area contributed by atoms with Crippen molar-refractivity contribution in [2.75, 3.05) is 11.5 Å². The first-order valence-electron chi connectivity index (χ1n) is 16.3. The molecule has 208 valence electrons. The highest BCUT2D eigenvalue weighted by Gasteiger charge is 2.49. The molecular formula is C39H35B2NO. The van der Waals surface area contributed by atoms with Crippen LogP contribution in [0.1, 0.15) is 49.7 Å². The van der Waals surface area contributed by atoms with Crippen molar-refractivity contribution < 1.29 is 5.11 Å². The molecule has 4 aliphatic rings. The van der Waals surface area contributed by atoms with Crippen molar-refractivity contribution in [3.8, 4) is 22.3 Å². The van der Waals surface area contributed by atoms with Gasteiger partial charge in [0.05, 0.1) is 0 Å². The molecule has 43 heavy (non-hydrogen) atoms. The lowest BCUT2D eigenvalue weighted by atomic mass is 9.32. The summed E-state index contributed by atoms with van der Waals surface area (Å²) in [4.78, 5) is 2.62. The molecule has 0 aromatic heterocycles. The van der Waals surface area contributed by atoms with E-state index in [-0.39, 0.29) is 13.4 Å². The summed E-state index contributed by atoms with van der Waals surface area (Å²) in [6.07, 6.45) is 8.22. The third-order valence-corrected chi connectivity index (χ3v) is 10.6. The Bertz CT molecular complexity index is 1940. The van der Waals surface area contributed by atoms with E-state index in [1.54, 1.807) is 0 Å². The summed E-state index contributed by atoms with van der Waals surface area (Å²) in [5.74, 6) is 0. The summed E-state index contributed by atoms with van der Waals surface area (Å²) in [5, 5.41) is 9.05. The molecule has 0 radical (unpaired) electrons. The van der Waals surface area contributed by atoms with Crippen LogP contribution in [0.5, 0.6) is 0 Å². The van der Waals surface area contributed by atoms with Crippen molar-refractivity contribution in [3.05, 3.63) is 102 Å². The summed E-state index contributed by atoms with van der Waals surface area (Å²) in [6.45, 7) is 3.15. The molecule has 0 unspecified atom stereocenters. The number of anilines is 3. The van der Waals surface area contributed by atoms with Crippen LogP contribution in [-0.4, -0.2) is 25.1 Å². The van der Waals surface area contributed by atoms with Crippen LogP contribution in [0.25, 0.3) is 22.3 Å². The van der Waals surface area contributed by atoms with Crippen LogP contribution in [0.15, 0.2) is 91.0 Å². The minimum atomic E-state index is 0.272. The Kier molecular flexibility index (Phi) is 5.78. The van der Waals surface area contributed by atoms with Gasteiger partial charge in [-0.3, -0.25) is 0 Å². The summed E-state index contributed by atoms with van der Waals surface area (Å²) in [5.41, 5.74) is 21.4. The number of aliphatic hydroxyl groups is 1. The van der Waals surface area contributed by atoms with Gasteiger partial charge in [0, 0.05) is 23.7 Å². The minimum Gasteiger partial charge on any atom is -0.396 e. The van der Waals surface area contributed by atoms with Crippen molar-refractivity contribution in [2.24, 2.45) is 0 Å². The van der Waals surface area contributed by atoms with Gasteiger partial charge in [0.25, 0.3) is 0 Å². The van der Waals surface area contributed by atoms with E-state index in [0.29, 0.717) is 6.61 Å². The van der Waals surface area contributed by atoms with Gasteiger partial charge in [0.15, 0.2) is 0 Å². The van der Waals surface area contributed by atoms with Crippen LogP contribution in [0.2, 0.25) is 0 Å². The quantitative estimate of drug-likeness (QED) is 0.212. The Morgan fingerprint density at radius 2 is 1.28 bits per heavy atom. The fourth-order valence-electron chi connectivity index (χ4n) is 8.86. The number of aryl methyl sites for hydroxylation is 2. The lowest BCUT2D eigenvalue weighted by Gasteiger charge is -2.42. The number of nitrogens with zero attached hydrogens (tertiary/aromatic N) is 1. The predicted octanol–water partition coefficient (Wildman–Crippen LogP) is 4.96. The Hall–Kier alpha value is -4.01. The first-order valence-corrected chi connectivity index (χ1v) is 16.3. The molecule has 0 amide bonds. The molecular weight excluding hydrogens is 520 g/mol. The molecule has 1 N–H and O–H groups in total. The summed E-state index contributed by atoms with van der Waals surface area (Å²) < 4.78 is 0. The summed E-state index contributed by atoms with van der Waals surface area (Å²) >= 11 is 0. The van der Waals surface area contributed by atoms with E-state index < -0.39 is 0 Å². The van der Waals surface area contributed by atoms with Gasteiger partial charge in [-0.25, -0.2) is 0 Å². The van der Waals surface area contributed by atoms with Crippen LogP contribution < -0.4 is 37.7 Å². The van der Waals surface area contributed by atoms with E-state index in [1.807, 2.05) is 0 Å². The predicted molar refractivity (Wildman–Crippen MR) is 185 cm³/mol. The topological polar surface area (TPSA) is 23.5 Å². The number of hydrogen-bond acceptors (Lipinski definition) is 2. The minimum absolute atomic E-state index is 0.272. The average molecular weight is 555 g/mol. The molecule has 0 spiro atoms. The zero-order valence-corrected chi connectivity index (χ0v) is 24.9. The molecule has 4 heterocycles. The number of unbranched alkanes of at least 4 members (excludes halogenated alkanes) is 5. The second kappa shape index (κ2) is 9.76. The first-order chi connectivity index (χ1) is 21.3. The summed E-state index contributed by atoms with van der Waals surface area (Å²) in [6, 6.07) is 35.3. The first kappa shape index (κ1) is 25.5. The lowest BCUT2D eigenvalue weighted by molar-refractivity contribution is 0.282. The van der Waals surface area contributed by atoms with Crippen molar-refractivity contribution in [2.45, 2.75) is 51.9 Å². The maximum absolute atomic E-state index is 9.05. The molecule has 0 saturated carbocycles. The van der Waals surface area contributed by atoms with Gasteiger partial charge >= 0.3 is 0 Å². The summed E-state index contributed by atoms with van der Waals surface area (Å²) in [7, 11) is 0. The number of fused-ring (bicyclic) bond motifs is 10. The van der Waals surface area contributed by atoms with Gasteiger partial charge in [-0.1, -0.05) is 115 Å². The molecule has 0 atom stereocenters. The molecule has 4 heteroatoms. The SMILES string of the molecule is Cc1ccc2c3c1-c1ccccc1B3c1cccc3c1N2c1cccc2c1B3c1cc(CCCCCCCCO)ccc1-2. The highest BCUT2D eigenvalue weighted by Crippen LogP contribution is 2.44. The van der Waals surface area contributed by atoms with E-state index in [2.05, 4.69) is 103 Å². The van der Waals surface area contributed by atoms with E-state index in [1.165, 1.54) is 109 Å². The zero-order chi connectivity index (χ0) is 28.7. The standard InChI is InChI=1S/C39H35B2NO/c1-25-19-22-35-38-36(25)29-13-7-8-15-30(29)40(38)31-16-11-17-32-39(31)42(35)34-18-10-14-28-27-21-20-26(24-33(27)41(32)37(28)34)12-6-4-2-3-5-9-23-43/h7-8,10-11,13-22,24,43H,2-6,9,12,23H2,1H3. The Labute approximate surface area is 255 Å². The molecule has 0 aliphatic carbocycles. The smallest absolute Gasteiger partial charge is 0.248 e. The second-order valence-corrected chi connectivity index (χ2v) is 13.0. The number of para-hydroxylation sites is 1. The van der Waals surface area contributed by atoms with Crippen molar-refractivity contribution in [1.82, 2.24) is 0 Å². The Morgan fingerprint density at radius 3 is 2.14 bits per heavy atom. The van der Waals surface area contributed by atoms with Crippen LogP contribution in [0, 0.1) is 6.92 Å². The maximum atomic E-state index is 9.05. The van der Waals surface area contributed by atoms with E-state index >= 15 is 0 Å². The molecule has 5 aromatic rings. The van der Waals surface area contributed by atoms with Gasteiger partial charge < -0.3 is 10.0 Å². The molecule has 0 fully saturated rings. The van der Waals surface area contributed by atoms with Crippen LogP contribution in [0.3, 0.4) is 0 Å². The van der Waals surface area contributed by atoms with Crippen LogP contribution >= 0.6 is 0 Å². The van der Waals surface area contributed by atoms with Crippen molar-refractivity contribution in [3.63, 3.8) is 0 Å². The number of rotatable bonds is 8. The second-order valence-electron chi connectivity index (χ2n) is 13.0. The van der Waals surface area contributed by atoms with E-state index in [0.717, 1.165) is 19.3 Å². The normalized spacial score (nSPS) is 14.0. The van der Waals surface area contributed by atoms with Gasteiger partial charge in [-0.15, -0.1) is 0 Å². The fourth-order valence-corrected chi connectivity index (χ4v) is 8.86. The molecule has 0 bridgehead atoms. The lowest BCUT2D eigenvalue weighted by Crippen LogP contribution is -2.62. The molecule has 2 nitrogen and oxygen atoms in total. The molecule has 5 aromatic carbocycles. The largest absolute Gasteiger partial charge is 0.396 e. The number of aliphatic hydroxyl groups excluding tert-OH is 1. The van der Waals surface area contributed by atoms with Crippen LogP contribution in [0.4, 0.5) is 17.1 Å². The van der Waals surface area contributed by atoms with Crippen molar-refractivity contribution in [1.29, 1.82) is 0 Å². The van der Waals surface area contributed by atoms with Gasteiger partial charge in [0.2, 0.25) is 13.4 Å². The third-order valence-electron chi connectivity index (χ3n) is 10.6. The molecule has 4 aliphatic heterocycles. The average Bonchev–Trinajstić information content (AvgIpc) is 3.56. The van der Waals surface area contributed by atoms with Crippen molar-refractivity contribution >= 4 is 63.3 Å². The van der Waals surface area contributed by atoms with Crippen LogP contribution in [-0.2, 0) is 6.42 Å². The van der Waals surface area contributed by atoms with E-state index in [4.69, 9.17) is 5.11 Å².